The van der Waals surface area contributed by atoms with Crippen molar-refractivity contribution in [3.8, 4) is 0 Å². The third-order valence-electron chi connectivity index (χ3n) is 4.34. The Kier molecular flexibility index (Phi) is 4.79. The molecule has 126 valence electrons. The maximum absolute atomic E-state index is 11.7. The molecule has 0 saturated carbocycles. The van der Waals surface area contributed by atoms with E-state index < -0.39 is 17.8 Å². The van der Waals surface area contributed by atoms with Crippen molar-refractivity contribution in [3.63, 3.8) is 0 Å². The minimum atomic E-state index is -0.514. The van der Waals surface area contributed by atoms with E-state index in [-0.39, 0.29) is 19.3 Å². The van der Waals surface area contributed by atoms with Crippen molar-refractivity contribution in [2.75, 3.05) is 5.75 Å². The van der Waals surface area contributed by atoms with Crippen molar-refractivity contribution in [3.05, 3.63) is 12.4 Å². The molecule has 0 aromatic carbocycles. The molecule has 3 rings (SSSR count). The van der Waals surface area contributed by atoms with Gasteiger partial charge >= 0.3 is 5.97 Å². The van der Waals surface area contributed by atoms with E-state index in [2.05, 4.69) is 17.2 Å². The molecule has 0 aliphatic carbocycles. The summed E-state index contributed by atoms with van der Waals surface area (Å²) < 4.78 is 0. The fourth-order valence-corrected chi connectivity index (χ4v) is 4.71. The van der Waals surface area contributed by atoms with Crippen LogP contribution in [0, 0.1) is 0 Å². The molecule has 0 aromatic rings. The predicted molar refractivity (Wildman–Crippen MR) is 84.9 cm³/mol. The molecule has 7 nitrogen and oxygen atoms in total. The van der Waals surface area contributed by atoms with Gasteiger partial charge < -0.3 is 15.5 Å². The molecule has 3 heterocycles. The van der Waals surface area contributed by atoms with Gasteiger partial charge in [0.05, 0.1) is 17.9 Å². The number of hydrogen-bond acceptors (Lipinski definition) is 7. The Balaban J connectivity index is 1.34. The molecule has 23 heavy (non-hydrogen) atoms. The number of hydroxylamine groups is 2. The van der Waals surface area contributed by atoms with Gasteiger partial charge in [-0.3, -0.25) is 9.59 Å². The number of nitrogens with zero attached hydrogens (tertiary/aromatic N) is 1. The second-order valence-corrected chi connectivity index (χ2v) is 7.33. The average Bonchev–Trinajstić information content (AvgIpc) is 3.14. The van der Waals surface area contributed by atoms with Crippen LogP contribution in [0.25, 0.3) is 0 Å². The van der Waals surface area contributed by atoms with Crippen molar-refractivity contribution in [1.82, 2.24) is 15.7 Å². The molecule has 2 N–H and O–H groups in total. The van der Waals surface area contributed by atoms with E-state index in [0.29, 0.717) is 28.8 Å². The highest BCUT2D eigenvalue weighted by Gasteiger charge is 2.40. The normalized spacial score (nSPS) is 29.5. The van der Waals surface area contributed by atoms with Crippen LogP contribution in [-0.4, -0.2) is 45.9 Å². The van der Waals surface area contributed by atoms with E-state index >= 15 is 0 Å². The molecule has 0 unspecified atom stereocenters. The van der Waals surface area contributed by atoms with Crippen LogP contribution in [0.2, 0.25) is 0 Å². The number of unbranched alkanes of at least 4 members (excludes halogenated alkanes) is 1. The van der Waals surface area contributed by atoms with Crippen molar-refractivity contribution in [2.45, 2.75) is 55.9 Å². The number of carbonyl (C=O) groups excluding carboxylic acids is 3. The number of carbonyl (C=O) groups is 3. The molecule has 0 radical (unpaired) electrons. The Labute approximate surface area is 139 Å². The van der Waals surface area contributed by atoms with Crippen molar-refractivity contribution >= 4 is 29.5 Å². The molecule has 2 amide bonds. The Morgan fingerprint density at radius 2 is 2.00 bits per heavy atom. The van der Waals surface area contributed by atoms with Crippen LogP contribution in [0.1, 0.15) is 38.5 Å². The second-order valence-electron chi connectivity index (χ2n) is 6.06. The largest absolute Gasteiger partial charge is 0.367 e. The summed E-state index contributed by atoms with van der Waals surface area (Å²) in [4.78, 5) is 39.3. The number of rotatable bonds is 6. The third kappa shape index (κ3) is 3.63. The quantitative estimate of drug-likeness (QED) is 0.543. The van der Waals surface area contributed by atoms with Crippen LogP contribution in [0.5, 0.6) is 0 Å². The fraction of sp³-hybridized carbons (Fsp3) is 0.667. The van der Waals surface area contributed by atoms with Gasteiger partial charge in [-0.2, -0.15) is 11.8 Å². The Bertz CT molecular complexity index is 523. The molecule has 0 bridgehead atoms. The molecular weight excluding hydrogens is 318 g/mol. The SMILES string of the molecule is C=C1N[C@H]2[C@H](CS[C@H]2CCCCC(=O)ON2C(=O)CCC2=O)N1. The van der Waals surface area contributed by atoms with E-state index in [0.717, 1.165) is 24.4 Å². The summed E-state index contributed by atoms with van der Waals surface area (Å²) in [6, 6.07) is 0.869. The number of nitrogens with one attached hydrogen (secondary N) is 2. The number of imide groups is 1. The standard InChI is InChI=1S/C15H21N3O4S/c1-9-16-10-8-23-11(15(10)17-9)4-2-3-5-14(21)22-18-12(19)6-7-13(18)20/h10-11,15-17H,1-8H2/t10-,11-,15-/m0/s1. The van der Waals surface area contributed by atoms with Gasteiger partial charge in [0, 0.05) is 30.3 Å². The molecule has 3 fully saturated rings. The summed E-state index contributed by atoms with van der Waals surface area (Å²) in [7, 11) is 0. The molecule has 0 aromatic heterocycles. The zero-order valence-electron chi connectivity index (χ0n) is 12.9. The smallest absolute Gasteiger partial charge is 0.333 e. The molecule has 3 aliphatic heterocycles. The number of hydrogen-bond donors (Lipinski definition) is 2. The van der Waals surface area contributed by atoms with Gasteiger partial charge in [0.1, 0.15) is 0 Å². The van der Waals surface area contributed by atoms with Gasteiger partial charge in [-0.05, 0) is 12.8 Å². The minimum absolute atomic E-state index is 0.125. The summed E-state index contributed by atoms with van der Waals surface area (Å²) in [6.45, 7) is 3.90. The Morgan fingerprint density at radius 1 is 1.26 bits per heavy atom. The van der Waals surface area contributed by atoms with E-state index in [4.69, 9.17) is 4.84 Å². The van der Waals surface area contributed by atoms with Gasteiger partial charge in [0.2, 0.25) is 0 Å². The highest BCUT2D eigenvalue weighted by atomic mass is 32.2. The molecule has 3 atom stereocenters. The summed E-state index contributed by atoms with van der Waals surface area (Å²) in [6.07, 6.45) is 3.09. The maximum atomic E-state index is 11.7. The van der Waals surface area contributed by atoms with Crippen LogP contribution in [0.3, 0.4) is 0 Å². The third-order valence-corrected chi connectivity index (χ3v) is 5.85. The molecule has 8 heteroatoms. The van der Waals surface area contributed by atoms with E-state index in [1.54, 1.807) is 0 Å². The summed E-state index contributed by atoms with van der Waals surface area (Å²) in [5, 5.41) is 7.84. The first-order valence-corrected chi connectivity index (χ1v) is 8.99. The Morgan fingerprint density at radius 3 is 2.74 bits per heavy atom. The summed E-state index contributed by atoms with van der Waals surface area (Å²) >= 11 is 1.94. The lowest BCUT2D eigenvalue weighted by Crippen LogP contribution is -2.36. The predicted octanol–water partition coefficient (Wildman–Crippen LogP) is 0.671. The van der Waals surface area contributed by atoms with Crippen molar-refractivity contribution < 1.29 is 19.2 Å². The van der Waals surface area contributed by atoms with E-state index in [9.17, 15) is 14.4 Å². The summed E-state index contributed by atoms with van der Waals surface area (Å²) in [5.74, 6) is 0.588. The van der Waals surface area contributed by atoms with Gasteiger partial charge in [-0.1, -0.05) is 13.0 Å². The maximum Gasteiger partial charge on any atom is 0.333 e. The molecular formula is C15H21N3O4S. The highest BCUT2D eigenvalue weighted by molar-refractivity contribution is 8.00. The zero-order chi connectivity index (χ0) is 16.4. The lowest BCUT2D eigenvalue weighted by Gasteiger charge is -2.17. The molecule has 0 spiro atoms. The Hall–Kier alpha value is -1.70. The van der Waals surface area contributed by atoms with Gasteiger partial charge in [0.15, 0.2) is 0 Å². The minimum Gasteiger partial charge on any atom is -0.367 e. The van der Waals surface area contributed by atoms with Crippen molar-refractivity contribution in [1.29, 1.82) is 0 Å². The first-order valence-electron chi connectivity index (χ1n) is 7.95. The van der Waals surface area contributed by atoms with Crippen LogP contribution in [0.4, 0.5) is 0 Å². The van der Waals surface area contributed by atoms with Crippen LogP contribution in [-0.2, 0) is 19.2 Å². The van der Waals surface area contributed by atoms with Gasteiger partial charge in [0.25, 0.3) is 11.8 Å². The van der Waals surface area contributed by atoms with E-state index in [1.807, 2.05) is 11.8 Å². The average molecular weight is 339 g/mol. The number of fused-ring (bicyclic) bond motifs is 1. The van der Waals surface area contributed by atoms with Gasteiger partial charge in [-0.15, -0.1) is 5.06 Å². The van der Waals surface area contributed by atoms with Crippen LogP contribution in [0.15, 0.2) is 12.4 Å². The van der Waals surface area contributed by atoms with E-state index in [1.165, 1.54) is 0 Å². The van der Waals surface area contributed by atoms with Crippen LogP contribution >= 0.6 is 11.8 Å². The van der Waals surface area contributed by atoms with Gasteiger partial charge in [-0.25, -0.2) is 4.79 Å². The summed E-state index contributed by atoms with van der Waals surface area (Å²) in [5.41, 5.74) is 0. The molecule has 3 aliphatic rings. The number of amides is 2. The lowest BCUT2D eigenvalue weighted by molar-refractivity contribution is -0.197. The second kappa shape index (κ2) is 6.82. The van der Waals surface area contributed by atoms with Crippen molar-refractivity contribution in [2.24, 2.45) is 0 Å². The zero-order valence-corrected chi connectivity index (χ0v) is 13.7. The number of thioether (sulfide) groups is 1. The molecule has 3 saturated heterocycles. The lowest BCUT2D eigenvalue weighted by atomic mass is 10.0. The topological polar surface area (TPSA) is 87.7 Å². The van der Waals surface area contributed by atoms with Crippen LogP contribution < -0.4 is 10.6 Å². The first kappa shape index (κ1) is 16.2. The first-order chi connectivity index (χ1) is 11.0. The highest BCUT2D eigenvalue weighted by Crippen LogP contribution is 2.34. The monoisotopic (exact) mass is 339 g/mol. The fourth-order valence-electron chi connectivity index (χ4n) is 3.17.